The van der Waals surface area contributed by atoms with Crippen molar-refractivity contribution < 1.29 is 19.2 Å². The second-order valence-electron chi connectivity index (χ2n) is 4.15. The van der Waals surface area contributed by atoms with E-state index in [0.717, 1.165) is 23.3 Å². The van der Waals surface area contributed by atoms with Crippen molar-refractivity contribution in [2.45, 2.75) is 20.3 Å². The molecule has 0 saturated carbocycles. The first-order valence-electron chi connectivity index (χ1n) is 5.95. The summed E-state index contributed by atoms with van der Waals surface area (Å²) in [5.74, 6) is 0.183. The number of benzene rings is 1. The van der Waals surface area contributed by atoms with Gasteiger partial charge in [-0.1, -0.05) is 18.1 Å². The topological polar surface area (TPSA) is 72.6 Å². The normalized spacial score (nSPS) is 10.5. The van der Waals surface area contributed by atoms with E-state index in [1.54, 1.807) is 14.0 Å². The van der Waals surface area contributed by atoms with Crippen LogP contribution in [-0.4, -0.2) is 23.3 Å². The number of nitrogens with zero attached hydrogens (tertiary/aromatic N) is 1. The van der Waals surface area contributed by atoms with Crippen LogP contribution < -0.4 is 4.74 Å². The van der Waals surface area contributed by atoms with Crippen LogP contribution in [0.5, 0.6) is 5.75 Å². The molecular formula is C14H15NO4. The molecule has 1 heterocycles. The molecule has 0 bridgehead atoms. The van der Waals surface area contributed by atoms with Gasteiger partial charge in [0.2, 0.25) is 0 Å². The fraction of sp³-hybridized carbons (Fsp3) is 0.286. The molecule has 2 aromatic rings. The maximum atomic E-state index is 11.1. The van der Waals surface area contributed by atoms with E-state index in [2.05, 4.69) is 5.16 Å². The maximum absolute atomic E-state index is 11.1. The van der Waals surface area contributed by atoms with Crippen LogP contribution in [0.15, 0.2) is 22.7 Å². The van der Waals surface area contributed by atoms with E-state index >= 15 is 0 Å². The Kier molecular flexibility index (Phi) is 3.55. The van der Waals surface area contributed by atoms with Gasteiger partial charge >= 0.3 is 5.97 Å². The summed E-state index contributed by atoms with van der Waals surface area (Å²) in [6.07, 6.45) is 0.795. The van der Waals surface area contributed by atoms with Gasteiger partial charge in [-0.2, -0.15) is 0 Å². The highest BCUT2D eigenvalue weighted by molar-refractivity contribution is 5.94. The van der Waals surface area contributed by atoms with E-state index in [0.29, 0.717) is 11.3 Å². The predicted octanol–water partition coefficient (Wildman–Crippen LogP) is 2.92. The second kappa shape index (κ2) is 5.14. The molecule has 2 rings (SSSR count). The number of methoxy groups -OCH3 is 1. The van der Waals surface area contributed by atoms with E-state index < -0.39 is 5.97 Å². The Bertz CT molecular complexity index is 616. The summed E-state index contributed by atoms with van der Waals surface area (Å²) in [5, 5.41) is 12.7. The monoisotopic (exact) mass is 261 g/mol. The molecule has 0 saturated heterocycles. The van der Waals surface area contributed by atoms with Crippen molar-refractivity contribution in [2.75, 3.05) is 7.11 Å². The lowest BCUT2D eigenvalue weighted by Gasteiger charge is -2.09. The predicted molar refractivity (Wildman–Crippen MR) is 69.6 cm³/mol. The number of rotatable bonds is 4. The van der Waals surface area contributed by atoms with Crippen LogP contribution in [0.4, 0.5) is 0 Å². The van der Waals surface area contributed by atoms with Gasteiger partial charge in [0.1, 0.15) is 11.5 Å². The number of carboxylic acids is 1. The van der Waals surface area contributed by atoms with Crippen molar-refractivity contribution in [1.29, 1.82) is 0 Å². The van der Waals surface area contributed by atoms with Crippen LogP contribution in [0, 0.1) is 6.92 Å². The number of hydrogen-bond acceptors (Lipinski definition) is 4. The molecule has 0 unspecified atom stereocenters. The minimum Gasteiger partial charge on any atom is -0.496 e. The van der Waals surface area contributed by atoms with Gasteiger partial charge in [-0.05, 0) is 36.6 Å². The Labute approximate surface area is 110 Å². The highest BCUT2D eigenvalue weighted by Crippen LogP contribution is 2.31. The molecule has 0 aliphatic rings. The van der Waals surface area contributed by atoms with Crippen molar-refractivity contribution >= 4 is 5.97 Å². The van der Waals surface area contributed by atoms with Gasteiger partial charge in [0.25, 0.3) is 0 Å². The summed E-state index contributed by atoms with van der Waals surface area (Å²) in [5.41, 5.74) is 2.24. The van der Waals surface area contributed by atoms with E-state index in [1.165, 1.54) is 0 Å². The first-order chi connectivity index (χ1) is 9.08. The summed E-state index contributed by atoms with van der Waals surface area (Å²) in [6.45, 7) is 3.71. The van der Waals surface area contributed by atoms with E-state index in [9.17, 15) is 4.79 Å². The third-order valence-electron chi connectivity index (χ3n) is 3.02. The first kappa shape index (κ1) is 13.1. The molecule has 1 aromatic carbocycles. The Morgan fingerprint density at radius 1 is 1.47 bits per heavy atom. The average molecular weight is 261 g/mol. The van der Waals surface area contributed by atoms with Crippen LogP contribution >= 0.6 is 0 Å². The zero-order chi connectivity index (χ0) is 14.0. The fourth-order valence-electron chi connectivity index (χ4n) is 2.07. The lowest BCUT2D eigenvalue weighted by atomic mass is 9.99. The minimum atomic E-state index is -1.10. The van der Waals surface area contributed by atoms with Crippen molar-refractivity contribution in [3.63, 3.8) is 0 Å². The van der Waals surface area contributed by atoms with Crippen molar-refractivity contribution in [1.82, 2.24) is 5.16 Å². The largest absolute Gasteiger partial charge is 0.496 e. The van der Waals surface area contributed by atoms with Gasteiger partial charge < -0.3 is 14.4 Å². The van der Waals surface area contributed by atoms with Crippen LogP contribution in [-0.2, 0) is 6.42 Å². The van der Waals surface area contributed by atoms with Crippen LogP contribution in [0.2, 0.25) is 0 Å². The van der Waals surface area contributed by atoms with Crippen molar-refractivity contribution in [3.05, 3.63) is 35.2 Å². The summed E-state index contributed by atoms with van der Waals surface area (Å²) in [4.78, 5) is 11.1. The molecule has 5 nitrogen and oxygen atoms in total. The maximum Gasteiger partial charge on any atom is 0.358 e. The molecule has 0 aliphatic carbocycles. The molecule has 0 atom stereocenters. The molecule has 100 valence electrons. The SMILES string of the molecule is CCc1cc(-c2c(C(=O)O)noc2C)ccc1OC. The molecule has 1 N–H and O–H groups in total. The third-order valence-corrected chi connectivity index (χ3v) is 3.02. The molecule has 0 amide bonds. The zero-order valence-corrected chi connectivity index (χ0v) is 11.1. The molecule has 5 heteroatoms. The van der Waals surface area contributed by atoms with Gasteiger partial charge in [0, 0.05) is 0 Å². The average Bonchev–Trinajstić information content (AvgIpc) is 2.80. The number of carboxylic acid groups (broad SMARTS) is 1. The quantitative estimate of drug-likeness (QED) is 0.916. The van der Waals surface area contributed by atoms with E-state index in [4.69, 9.17) is 14.4 Å². The number of hydrogen-bond donors (Lipinski definition) is 1. The van der Waals surface area contributed by atoms with Gasteiger partial charge in [-0.15, -0.1) is 0 Å². The standard InChI is InChI=1S/C14H15NO4/c1-4-9-7-10(5-6-11(9)18-3)12-8(2)19-15-13(12)14(16)17/h5-7H,4H2,1-3H3,(H,16,17). The van der Waals surface area contributed by atoms with Gasteiger partial charge in [-0.3, -0.25) is 0 Å². The Hall–Kier alpha value is -2.30. The molecule has 0 aliphatic heterocycles. The minimum absolute atomic E-state index is 0.0651. The van der Waals surface area contributed by atoms with Gasteiger partial charge in [0.05, 0.1) is 12.7 Å². The van der Waals surface area contributed by atoms with E-state index in [-0.39, 0.29) is 5.69 Å². The molecule has 0 spiro atoms. The third kappa shape index (κ3) is 2.31. The summed E-state index contributed by atoms with van der Waals surface area (Å²) in [7, 11) is 1.61. The van der Waals surface area contributed by atoms with Crippen molar-refractivity contribution in [2.24, 2.45) is 0 Å². The Balaban J connectivity index is 2.59. The number of ether oxygens (including phenoxy) is 1. The summed E-state index contributed by atoms with van der Waals surface area (Å²) in [6, 6.07) is 5.54. The number of aromatic carboxylic acids is 1. The first-order valence-corrected chi connectivity index (χ1v) is 5.95. The summed E-state index contributed by atoms with van der Waals surface area (Å²) >= 11 is 0. The molecule has 19 heavy (non-hydrogen) atoms. The lowest BCUT2D eigenvalue weighted by molar-refractivity contribution is 0.0686. The van der Waals surface area contributed by atoms with Crippen molar-refractivity contribution in [3.8, 4) is 16.9 Å². The number of aromatic nitrogens is 1. The van der Waals surface area contributed by atoms with Crippen LogP contribution in [0.3, 0.4) is 0 Å². The lowest BCUT2D eigenvalue weighted by Crippen LogP contribution is -1.99. The molecular weight excluding hydrogens is 246 g/mol. The highest BCUT2D eigenvalue weighted by atomic mass is 16.5. The second-order valence-corrected chi connectivity index (χ2v) is 4.15. The van der Waals surface area contributed by atoms with Gasteiger partial charge in [0.15, 0.2) is 5.69 Å². The van der Waals surface area contributed by atoms with Crippen LogP contribution in [0.25, 0.3) is 11.1 Å². The molecule has 0 radical (unpaired) electrons. The smallest absolute Gasteiger partial charge is 0.358 e. The van der Waals surface area contributed by atoms with Crippen LogP contribution in [0.1, 0.15) is 28.7 Å². The molecule has 1 aromatic heterocycles. The van der Waals surface area contributed by atoms with E-state index in [1.807, 2.05) is 25.1 Å². The number of aryl methyl sites for hydroxylation is 2. The van der Waals surface area contributed by atoms with Gasteiger partial charge in [-0.25, -0.2) is 4.79 Å². The molecule has 0 fully saturated rings. The highest BCUT2D eigenvalue weighted by Gasteiger charge is 2.21. The zero-order valence-electron chi connectivity index (χ0n) is 11.1. The Morgan fingerprint density at radius 3 is 2.79 bits per heavy atom. The Morgan fingerprint density at radius 2 is 2.21 bits per heavy atom. The fourth-order valence-corrected chi connectivity index (χ4v) is 2.07. The summed E-state index contributed by atoms with van der Waals surface area (Å²) < 4.78 is 10.2. The number of carbonyl (C=O) groups is 1.